The highest BCUT2D eigenvalue weighted by Gasteiger charge is 2.02. The summed E-state index contributed by atoms with van der Waals surface area (Å²) in [5, 5.41) is 8.49. The second-order valence-electron chi connectivity index (χ2n) is 3.09. The van der Waals surface area contributed by atoms with Gasteiger partial charge in [0, 0.05) is 6.07 Å². The lowest BCUT2D eigenvalue weighted by molar-refractivity contribution is 0.0706. The first kappa shape index (κ1) is 12.6. The van der Waals surface area contributed by atoms with Gasteiger partial charge in [0.2, 0.25) is 0 Å². The molecule has 16 heavy (non-hydrogen) atoms. The normalized spacial score (nSPS) is 10.1. The molecule has 1 aromatic carbocycles. The maximum atomic E-state index is 8.49. The molecule has 0 amide bonds. The Bertz CT molecular complexity index is 317. The third-order valence-electron chi connectivity index (χ3n) is 1.94. The second kappa shape index (κ2) is 6.92. The standard InChI is InChI=1S/C11H17NO4/c1-14-9-2-3-10(12)11(8-9)16-7-6-15-5-4-13/h2-3,8,13H,4-7,12H2,1H3. The van der Waals surface area contributed by atoms with Crippen LogP contribution in [-0.2, 0) is 4.74 Å². The van der Waals surface area contributed by atoms with Gasteiger partial charge >= 0.3 is 0 Å². The van der Waals surface area contributed by atoms with Gasteiger partial charge in [0.1, 0.15) is 18.1 Å². The Morgan fingerprint density at radius 1 is 1.25 bits per heavy atom. The minimum Gasteiger partial charge on any atom is -0.497 e. The van der Waals surface area contributed by atoms with E-state index in [2.05, 4.69) is 0 Å². The van der Waals surface area contributed by atoms with Gasteiger partial charge in [0.05, 0.1) is 32.6 Å². The molecule has 0 spiro atoms. The van der Waals surface area contributed by atoms with E-state index in [1.54, 1.807) is 25.3 Å². The number of nitrogen functional groups attached to an aromatic ring is 1. The van der Waals surface area contributed by atoms with Crippen LogP contribution in [-0.4, -0.2) is 38.6 Å². The van der Waals surface area contributed by atoms with Crippen molar-refractivity contribution in [3.05, 3.63) is 18.2 Å². The third-order valence-corrected chi connectivity index (χ3v) is 1.94. The predicted octanol–water partition coefficient (Wildman–Crippen LogP) is 0.665. The summed E-state index contributed by atoms with van der Waals surface area (Å²) in [6.45, 7) is 1.13. The quantitative estimate of drug-likeness (QED) is 0.529. The zero-order valence-corrected chi connectivity index (χ0v) is 9.31. The Morgan fingerprint density at radius 2 is 2.06 bits per heavy atom. The SMILES string of the molecule is COc1ccc(N)c(OCCOCCO)c1. The molecule has 0 bridgehead atoms. The summed E-state index contributed by atoms with van der Waals surface area (Å²) in [6.07, 6.45) is 0. The number of ether oxygens (including phenoxy) is 3. The monoisotopic (exact) mass is 227 g/mol. The van der Waals surface area contributed by atoms with E-state index >= 15 is 0 Å². The Balaban J connectivity index is 2.40. The van der Waals surface area contributed by atoms with Crippen molar-refractivity contribution >= 4 is 5.69 Å². The number of hydrogen-bond acceptors (Lipinski definition) is 5. The molecule has 0 heterocycles. The minimum absolute atomic E-state index is 0.0152. The van der Waals surface area contributed by atoms with Crippen molar-refractivity contribution in [3.8, 4) is 11.5 Å². The van der Waals surface area contributed by atoms with E-state index in [0.717, 1.165) is 0 Å². The van der Waals surface area contributed by atoms with Crippen LogP contribution in [0.15, 0.2) is 18.2 Å². The summed E-state index contributed by atoms with van der Waals surface area (Å²) in [7, 11) is 1.58. The Labute approximate surface area is 94.7 Å². The van der Waals surface area contributed by atoms with E-state index in [1.807, 2.05) is 0 Å². The van der Waals surface area contributed by atoms with Crippen molar-refractivity contribution < 1.29 is 19.3 Å². The van der Waals surface area contributed by atoms with Crippen LogP contribution >= 0.6 is 0 Å². The number of benzene rings is 1. The summed E-state index contributed by atoms with van der Waals surface area (Å²) in [4.78, 5) is 0. The number of methoxy groups -OCH3 is 1. The molecule has 0 fully saturated rings. The van der Waals surface area contributed by atoms with Gasteiger partial charge < -0.3 is 25.1 Å². The van der Waals surface area contributed by atoms with E-state index in [4.69, 9.17) is 25.1 Å². The van der Waals surface area contributed by atoms with Gasteiger partial charge in [-0.25, -0.2) is 0 Å². The number of hydrogen-bond donors (Lipinski definition) is 2. The molecule has 0 radical (unpaired) electrons. The molecule has 0 saturated carbocycles. The van der Waals surface area contributed by atoms with Crippen molar-refractivity contribution in [3.63, 3.8) is 0 Å². The summed E-state index contributed by atoms with van der Waals surface area (Å²) in [6, 6.07) is 5.22. The van der Waals surface area contributed by atoms with E-state index in [0.29, 0.717) is 37.0 Å². The van der Waals surface area contributed by atoms with Crippen LogP contribution in [0.4, 0.5) is 5.69 Å². The average Bonchev–Trinajstić information content (AvgIpc) is 2.31. The molecule has 0 unspecified atom stereocenters. The lowest BCUT2D eigenvalue weighted by Crippen LogP contribution is -2.10. The molecule has 0 aliphatic rings. The molecular formula is C11H17NO4. The van der Waals surface area contributed by atoms with E-state index < -0.39 is 0 Å². The van der Waals surface area contributed by atoms with Gasteiger partial charge in [-0.2, -0.15) is 0 Å². The maximum Gasteiger partial charge on any atom is 0.145 e. The Hall–Kier alpha value is -1.46. The number of aliphatic hydroxyl groups excluding tert-OH is 1. The molecule has 3 N–H and O–H groups in total. The van der Waals surface area contributed by atoms with Crippen LogP contribution in [0.3, 0.4) is 0 Å². The predicted molar refractivity (Wildman–Crippen MR) is 60.8 cm³/mol. The van der Waals surface area contributed by atoms with Crippen molar-refractivity contribution in [2.45, 2.75) is 0 Å². The van der Waals surface area contributed by atoms with Crippen molar-refractivity contribution in [2.24, 2.45) is 0 Å². The number of anilines is 1. The number of nitrogens with two attached hydrogens (primary N) is 1. The van der Waals surface area contributed by atoms with Crippen LogP contribution in [0.2, 0.25) is 0 Å². The average molecular weight is 227 g/mol. The molecule has 1 aromatic rings. The first-order valence-corrected chi connectivity index (χ1v) is 5.03. The molecule has 5 heteroatoms. The maximum absolute atomic E-state index is 8.49. The highest BCUT2D eigenvalue weighted by atomic mass is 16.5. The number of aliphatic hydroxyl groups is 1. The van der Waals surface area contributed by atoms with Crippen molar-refractivity contribution in [1.82, 2.24) is 0 Å². The fourth-order valence-corrected chi connectivity index (χ4v) is 1.14. The Morgan fingerprint density at radius 3 is 2.75 bits per heavy atom. The van der Waals surface area contributed by atoms with E-state index in [9.17, 15) is 0 Å². The van der Waals surface area contributed by atoms with Crippen molar-refractivity contribution in [2.75, 3.05) is 39.3 Å². The first-order valence-electron chi connectivity index (χ1n) is 5.03. The molecule has 0 atom stereocenters. The molecule has 0 aliphatic heterocycles. The lowest BCUT2D eigenvalue weighted by atomic mass is 10.3. The van der Waals surface area contributed by atoms with Gasteiger partial charge in [-0.05, 0) is 12.1 Å². The molecular weight excluding hydrogens is 210 g/mol. The summed E-state index contributed by atoms with van der Waals surface area (Å²) >= 11 is 0. The second-order valence-corrected chi connectivity index (χ2v) is 3.09. The summed E-state index contributed by atoms with van der Waals surface area (Å²) in [5.74, 6) is 1.27. The summed E-state index contributed by atoms with van der Waals surface area (Å²) < 4.78 is 15.5. The van der Waals surface area contributed by atoms with Crippen LogP contribution in [0, 0.1) is 0 Å². The molecule has 1 rings (SSSR count). The zero-order chi connectivity index (χ0) is 11.8. The first-order chi connectivity index (χ1) is 7.77. The van der Waals surface area contributed by atoms with Crippen LogP contribution in [0.25, 0.3) is 0 Å². The molecule has 90 valence electrons. The van der Waals surface area contributed by atoms with Crippen LogP contribution in [0.5, 0.6) is 11.5 Å². The highest BCUT2D eigenvalue weighted by Crippen LogP contribution is 2.26. The fraction of sp³-hybridized carbons (Fsp3) is 0.455. The minimum atomic E-state index is 0.0152. The topological polar surface area (TPSA) is 73.9 Å². The smallest absolute Gasteiger partial charge is 0.145 e. The summed E-state index contributed by atoms with van der Waals surface area (Å²) in [5.41, 5.74) is 6.28. The third kappa shape index (κ3) is 3.96. The fourth-order valence-electron chi connectivity index (χ4n) is 1.14. The van der Waals surface area contributed by atoms with Gasteiger partial charge in [-0.1, -0.05) is 0 Å². The van der Waals surface area contributed by atoms with Gasteiger partial charge in [0.25, 0.3) is 0 Å². The zero-order valence-electron chi connectivity index (χ0n) is 9.31. The largest absolute Gasteiger partial charge is 0.497 e. The van der Waals surface area contributed by atoms with Gasteiger partial charge in [-0.15, -0.1) is 0 Å². The van der Waals surface area contributed by atoms with Crippen LogP contribution in [0.1, 0.15) is 0 Å². The van der Waals surface area contributed by atoms with Crippen LogP contribution < -0.4 is 15.2 Å². The molecule has 5 nitrogen and oxygen atoms in total. The van der Waals surface area contributed by atoms with E-state index in [1.165, 1.54) is 0 Å². The highest BCUT2D eigenvalue weighted by molar-refractivity contribution is 5.55. The van der Waals surface area contributed by atoms with Gasteiger partial charge in [0.15, 0.2) is 0 Å². The van der Waals surface area contributed by atoms with Crippen molar-refractivity contribution in [1.29, 1.82) is 0 Å². The van der Waals surface area contributed by atoms with E-state index in [-0.39, 0.29) is 6.61 Å². The Kier molecular flexibility index (Phi) is 5.45. The molecule has 0 aromatic heterocycles. The lowest BCUT2D eigenvalue weighted by Gasteiger charge is -2.10. The molecule has 0 aliphatic carbocycles. The molecule has 0 saturated heterocycles. The number of rotatable bonds is 7. The van der Waals surface area contributed by atoms with Gasteiger partial charge in [-0.3, -0.25) is 0 Å².